The molecule has 3 atom stereocenters. The van der Waals surface area contributed by atoms with Crippen LogP contribution >= 0.6 is 11.6 Å². The van der Waals surface area contributed by atoms with Crippen molar-refractivity contribution in [1.82, 2.24) is 15.1 Å². The molecule has 4 amide bonds. The summed E-state index contributed by atoms with van der Waals surface area (Å²) in [5.41, 5.74) is 1.67. The lowest BCUT2D eigenvalue weighted by Crippen LogP contribution is -2.53. The van der Waals surface area contributed by atoms with Gasteiger partial charge in [0.05, 0.1) is 11.8 Å². The highest BCUT2D eigenvalue weighted by atomic mass is 35.5. The molecule has 0 bridgehead atoms. The van der Waals surface area contributed by atoms with Crippen molar-refractivity contribution in [3.63, 3.8) is 0 Å². The Morgan fingerprint density at radius 2 is 1.54 bits per heavy atom. The predicted molar refractivity (Wildman–Crippen MR) is 158 cm³/mol. The van der Waals surface area contributed by atoms with Gasteiger partial charge in [-0.3, -0.25) is 24.1 Å². The first-order valence-corrected chi connectivity index (χ1v) is 15.2. The monoisotopic (exact) mass is 575 g/mol. The van der Waals surface area contributed by atoms with Crippen LogP contribution in [0, 0.1) is 11.8 Å². The zero-order valence-electron chi connectivity index (χ0n) is 23.3. The predicted octanol–water partition coefficient (Wildman–Crippen LogP) is 5.07. The molecule has 1 saturated heterocycles. The van der Waals surface area contributed by atoms with Gasteiger partial charge in [0, 0.05) is 37.0 Å². The van der Waals surface area contributed by atoms with Crippen LogP contribution in [0.15, 0.2) is 66.7 Å². The molecule has 1 aliphatic heterocycles. The van der Waals surface area contributed by atoms with Crippen LogP contribution in [-0.2, 0) is 32.1 Å². The van der Waals surface area contributed by atoms with Gasteiger partial charge in [-0.1, -0.05) is 91.5 Å². The number of halogens is 1. The molecule has 2 aromatic carbocycles. The molecule has 0 unspecified atom stereocenters. The molecule has 1 saturated carbocycles. The van der Waals surface area contributed by atoms with E-state index in [-0.39, 0.29) is 61.0 Å². The van der Waals surface area contributed by atoms with Crippen molar-refractivity contribution in [1.29, 1.82) is 0 Å². The number of hydrogen-bond donors (Lipinski definition) is 1. The Morgan fingerprint density at radius 1 is 0.902 bits per heavy atom. The highest BCUT2D eigenvalue weighted by Gasteiger charge is 2.47. The number of imide groups is 1. The van der Waals surface area contributed by atoms with Gasteiger partial charge in [0.1, 0.15) is 6.04 Å². The number of benzene rings is 2. The molecule has 0 aromatic heterocycles. The summed E-state index contributed by atoms with van der Waals surface area (Å²) in [6.07, 6.45) is 10.5. The van der Waals surface area contributed by atoms with Crippen molar-refractivity contribution >= 4 is 35.2 Å². The van der Waals surface area contributed by atoms with E-state index in [1.54, 1.807) is 11.0 Å². The summed E-state index contributed by atoms with van der Waals surface area (Å²) in [5, 5.41) is 3.74. The minimum absolute atomic E-state index is 0.00478. The second-order valence-corrected chi connectivity index (χ2v) is 11.8. The van der Waals surface area contributed by atoms with Crippen LogP contribution in [0.3, 0.4) is 0 Å². The Morgan fingerprint density at radius 3 is 2.20 bits per heavy atom. The van der Waals surface area contributed by atoms with E-state index < -0.39 is 6.04 Å². The van der Waals surface area contributed by atoms with Gasteiger partial charge in [-0.2, -0.15) is 0 Å². The Balaban J connectivity index is 1.39. The van der Waals surface area contributed by atoms with Crippen LogP contribution < -0.4 is 5.32 Å². The lowest BCUT2D eigenvalue weighted by Gasteiger charge is -2.34. The minimum Gasteiger partial charge on any atom is -0.352 e. The maximum Gasteiger partial charge on any atom is 0.243 e. The van der Waals surface area contributed by atoms with Gasteiger partial charge in [0.15, 0.2) is 0 Å². The van der Waals surface area contributed by atoms with Gasteiger partial charge < -0.3 is 10.2 Å². The summed E-state index contributed by atoms with van der Waals surface area (Å²) in [6.45, 7) is 0.149. The van der Waals surface area contributed by atoms with Crippen LogP contribution in [-0.4, -0.2) is 52.1 Å². The number of carbonyl (C=O) groups excluding carboxylic acids is 4. The summed E-state index contributed by atoms with van der Waals surface area (Å²) in [5.74, 6) is -1.57. The van der Waals surface area contributed by atoms with E-state index in [0.717, 1.165) is 36.8 Å². The Labute approximate surface area is 246 Å². The maximum atomic E-state index is 14.0. The van der Waals surface area contributed by atoms with E-state index in [4.69, 9.17) is 11.6 Å². The van der Waals surface area contributed by atoms with Gasteiger partial charge in [-0.05, 0) is 42.9 Å². The van der Waals surface area contributed by atoms with Gasteiger partial charge >= 0.3 is 0 Å². The maximum absolute atomic E-state index is 14.0. The number of rotatable bonds is 10. The summed E-state index contributed by atoms with van der Waals surface area (Å²) in [6, 6.07) is 16.3. The van der Waals surface area contributed by atoms with Gasteiger partial charge in [0.2, 0.25) is 23.6 Å². The first-order valence-electron chi connectivity index (χ1n) is 14.8. The molecule has 2 aliphatic carbocycles. The molecule has 7 nitrogen and oxygen atoms in total. The summed E-state index contributed by atoms with van der Waals surface area (Å²) < 4.78 is 0. The van der Waals surface area contributed by atoms with E-state index >= 15 is 0 Å². The van der Waals surface area contributed by atoms with Crippen LogP contribution in [0.25, 0.3) is 0 Å². The topological polar surface area (TPSA) is 86.8 Å². The van der Waals surface area contributed by atoms with E-state index in [0.29, 0.717) is 24.3 Å². The number of hydrogen-bond acceptors (Lipinski definition) is 4. The number of carbonyl (C=O) groups is 4. The first kappa shape index (κ1) is 29.1. The molecular weight excluding hydrogens is 538 g/mol. The lowest BCUT2D eigenvalue weighted by molar-refractivity contribution is -0.144. The van der Waals surface area contributed by atoms with Gasteiger partial charge in [-0.25, -0.2) is 0 Å². The van der Waals surface area contributed by atoms with Crippen molar-refractivity contribution in [3.05, 3.63) is 82.9 Å². The van der Waals surface area contributed by atoms with E-state index in [9.17, 15) is 19.2 Å². The zero-order valence-corrected chi connectivity index (χ0v) is 24.1. The van der Waals surface area contributed by atoms with E-state index in [1.807, 2.05) is 60.7 Å². The van der Waals surface area contributed by atoms with Crippen LogP contribution in [0.1, 0.15) is 62.5 Å². The second-order valence-electron chi connectivity index (χ2n) is 11.4. The fraction of sp³-hybridized carbons (Fsp3) is 0.455. The molecule has 3 aliphatic rings. The smallest absolute Gasteiger partial charge is 0.243 e. The summed E-state index contributed by atoms with van der Waals surface area (Å²) in [7, 11) is 0. The number of nitrogens with zero attached hydrogens (tertiary/aromatic N) is 2. The fourth-order valence-electron chi connectivity index (χ4n) is 6.35. The average Bonchev–Trinajstić information content (AvgIpc) is 3.24. The first-order chi connectivity index (χ1) is 19.9. The van der Waals surface area contributed by atoms with Crippen LogP contribution in [0.5, 0.6) is 0 Å². The van der Waals surface area contributed by atoms with Crippen molar-refractivity contribution < 1.29 is 19.2 Å². The molecule has 2 fully saturated rings. The molecule has 5 rings (SSSR count). The summed E-state index contributed by atoms with van der Waals surface area (Å²) in [4.78, 5) is 56.8. The number of likely N-dealkylation sites (tertiary alicyclic amines) is 1. The molecule has 0 spiro atoms. The second kappa shape index (κ2) is 13.5. The van der Waals surface area contributed by atoms with Crippen molar-refractivity contribution in [2.24, 2.45) is 11.8 Å². The zero-order chi connectivity index (χ0) is 28.8. The summed E-state index contributed by atoms with van der Waals surface area (Å²) >= 11 is 6.52. The molecule has 1 heterocycles. The third kappa shape index (κ3) is 6.89. The highest BCUT2D eigenvalue weighted by Crippen LogP contribution is 2.35. The van der Waals surface area contributed by atoms with E-state index in [2.05, 4.69) is 5.32 Å². The van der Waals surface area contributed by atoms with Crippen molar-refractivity contribution in [2.75, 3.05) is 6.54 Å². The third-order valence-electron chi connectivity index (χ3n) is 8.67. The van der Waals surface area contributed by atoms with Crippen LogP contribution in [0.2, 0.25) is 5.02 Å². The standard InChI is InChI=1S/C33H38ClN3O4/c34-28-18-10-7-13-24(28)22-37(30(38)19-20-36-32(40)26-16-8-9-17-27(26)33(36)41)29(21-23-11-3-1-4-12-23)31(39)35-25-14-5-2-6-15-25/h1,3-4,7-13,18,25-27,29H,2,5-6,14-17,19-22H2,(H,35,39)/t26-,27+,29-/m0/s1. The lowest BCUT2D eigenvalue weighted by atomic mass is 9.85. The molecule has 1 N–H and O–H groups in total. The molecule has 41 heavy (non-hydrogen) atoms. The molecular formula is C33H38ClN3O4. The van der Waals surface area contributed by atoms with Crippen LogP contribution in [0.4, 0.5) is 0 Å². The number of amides is 4. The number of allylic oxidation sites excluding steroid dienone is 2. The Hall–Kier alpha value is -3.45. The Bertz CT molecular complexity index is 1260. The highest BCUT2D eigenvalue weighted by molar-refractivity contribution is 6.31. The number of fused-ring (bicyclic) bond motifs is 1. The molecule has 216 valence electrons. The fourth-order valence-corrected chi connectivity index (χ4v) is 6.54. The average molecular weight is 576 g/mol. The SMILES string of the molecule is O=C(NC1CCCCC1)[C@H](Cc1ccccc1)N(Cc1ccccc1Cl)C(=O)CCN1C(=O)[C@H]2CC=CC[C@H]2C1=O. The Kier molecular flexibility index (Phi) is 9.55. The quantitative estimate of drug-likeness (QED) is 0.316. The number of nitrogens with one attached hydrogen (secondary N) is 1. The molecule has 8 heteroatoms. The minimum atomic E-state index is -0.778. The van der Waals surface area contributed by atoms with Crippen molar-refractivity contribution in [3.8, 4) is 0 Å². The third-order valence-corrected chi connectivity index (χ3v) is 9.04. The largest absolute Gasteiger partial charge is 0.352 e. The van der Waals surface area contributed by atoms with Gasteiger partial charge in [0.25, 0.3) is 0 Å². The van der Waals surface area contributed by atoms with Crippen molar-refractivity contribution in [2.45, 2.75) is 76.4 Å². The molecule has 0 radical (unpaired) electrons. The van der Waals surface area contributed by atoms with E-state index in [1.165, 1.54) is 11.3 Å². The normalized spacial score (nSPS) is 21.4. The van der Waals surface area contributed by atoms with Gasteiger partial charge in [-0.15, -0.1) is 0 Å². The molecule has 2 aromatic rings.